The van der Waals surface area contributed by atoms with Crippen LogP contribution in [0.25, 0.3) is 21.9 Å². The molecule has 0 nitrogen and oxygen atoms in total. The molecule has 0 heteroatoms. The summed E-state index contributed by atoms with van der Waals surface area (Å²) in [6.45, 7) is 0. The molecule has 0 unspecified atom stereocenters. The third-order valence-corrected chi connectivity index (χ3v) is 2.80. The smallest absolute Gasteiger partial charge is 0.0178 e. The molecule has 0 aliphatic carbocycles. The summed E-state index contributed by atoms with van der Waals surface area (Å²) in [6.07, 6.45) is 0. The van der Waals surface area contributed by atoms with Gasteiger partial charge in [-0.15, -0.1) is 0 Å². The second-order valence-corrected chi connectivity index (χ2v) is 3.85. The van der Waals surface area contributed by atoms with Gasteiger partial charge in [0.05, 0.1) is 0 Å². The van der Waals surface area contributed by atoms with Crippen LogP contribution in [-0.4, -0.2) is 0 Å². The number of hydrogen-bond acceptors (Lipinski definition) is 0. The van der Waals surface area contributed by atoms with Crippen molar-refractivity contribution in [3.63, 3.8) is 0 Å². The summed E-state index contributed by atoms with van der Waals surface area (Å²) in [7, 11) is 0. The van der Waals surface area contributed by atoms with E-state index in [2.05, 4.69) is 60.7 Å². The average molecular weight is 203 g/mol. The van der Waals surface area contributed by atoms with E-state index < -0.39 is 0 Å². The van der Waals surface area contributed by atoms with Crippen LogP contribution < -0.4 is 0 Å². The third kappa shape index (κ3) is 1.59. The average Bonchev–Trinajstić information content (AvgIpc) is 2.39. The minimum atomic E-state index is 1.24. The monoisotopic (exact) mass is 203 g/mol. The Morgan fingerprint density at radius 1 is 0.625 bits per heavy atom. The standard InChI is InChI=1S/C16H11/c1-2-6-13(7-3-1)16-11-10-14-8-4-5-9-15(14)12-16/h2-12H. The molecule has 0 saturated carbocycles. The molecular weight excluding hydrogens is 192 g/mol. The fraction of sp³-hybridized carbons (Fsp3) is 0. The molecule has 0 heterocycles. The lowest BCUT2D eigenvalue weighted by atomic mass is 10.0. The van der Waals surface area contributed by atoms with Crippen molar-refractivity contribution in [2.75, 3.05) is 0 Å². The topological polar surface area (TPSA) is 0 Å². The fourth-order valence-electron chi connectivity index (χ4n) is 1.95. The van der Waals surface area contributed by atoms with Crippen molar-refractivity contribution in [3.8, 4) is 11.1 Å². The number of benzene rings is 3. The van der Waals surface area contributed by atoms with Gasteiger partial charge in [0.15, 0.2) is 0 Å². The van der Waals surface area contributed by atoms with Crippen LogP contribution >= 0.6 is 0 Å². The zero-order valence-corrected chi connectivity index (χ0v) is 8.85. The van der Waals surface area contributed by atoms with Gasteiger partial charge in [-0.3, -0.25) is 0 Å². The summed E-state index contributed by atoms with van der Waals surface area (Å²) in [5, 5.41) is 2.57. The van der Waals surface area contributed by atoms with Crippen LogP contribution in [0, 0.1) is 6.07 Å². The Kier molecular flexibility index (Phi) is 2.19. The van der Waals surface area contributed by atoms with Crippen LogP contribution in [0.1, 0.15) is 0 Å². The molecule has 3 aromatic rings. The van der Waals surface area contributed by atoms with Crippen LogP contribution in [0.4, 0.5) is 0 Å². The summed E-state index contributed by atoms with van der Waals surface area (Å²) < 4.78 is 0. The predicted molar refractivity (Wildman–Crippen MR) is 68.2 cm³/mol. The van der Waals surface area contributed by atoms with Crippen molar-refractivity contribution < 1.29 is 0 Å². The molecule has 0 saturated heterocycles. The Bertz CT molecular complexity index is 609. The molecule has 0 fully saturated rings. The molecule has 0 atom stereocenters. The van der Waals surface area contributed by atoms with Gasteiger partial charge in [-0.05, 0) is 34.0 Å². The van der Waals surface area contributed by atoms with Gasteiger partial charge in [0.25, 0.3) is 0 Å². The van der Waals surface area contributed by atoms with E-state index in [9.17, 15) is 0 Å². The van der Waals surface area contributed by atoms with Crippen molar-refractivity contribution in [2.24, 2.45) is 0 Å². The van der Waals surface area contributed by atoms with E-state index in [-0.39, 0.29) is 0 Å². The van der Waals surface area contributed by atoms with Crippen molar-refractivity contribution in [1.29, 1.82) is 0 Å². The van der Waals surface area contributed by atoms with E-state index in [1.807, 2.05) is 12.1 Å². The summed E-state index contributed by atoms with van der Waals surface area (Å²) in [4.78, 5) is 0. The Balaban J connectivity index is 2.19. The SMILES string of the molecule is [c]1ccc(-c2ccc3ccccc3c2)cc1. The molecule has 75 valence electrons. The van der Waals surface area contributed by atoms with Crippen molar-refractivity contribution in [1.82, 2.24) is 0 Å². The Morgan fingerprint density at radius 2 is 1.38 bits per heavy atom. The summed E-state index contributed by atoms with van der Waals surface area (Å²) in [5.74, 6) is 0. The highest BCUT2D eigenvalue weighted by Gasteiger charge is 1.97. The van der Waals surface area contributed by atoms with Crippen molar-refractivity contribution in [3.05, 3.63) is 72.8 Å². The molecule has 0 spiro atoms. The van der Waals surface area contributed by atoms with Gasteiger partial charge in [0, 0.05) is 0 Å². The lowest BCUT2D eigenvalue weighted by Gasteiger charge is -2.03. The van der Waals surface area contributed by atoms with E-state index in [1.165, 1.54) is 21.9 Å². The third-order valence-electron chi connectivity index (χ3n) is 2.80. The minimum Gasteiger partial charge on any atom is -0.0616 e. The quantitative estimate of drug-likeness (QED) is 0.553. The Labute approximate surface area is 95.2 Å². The second kappa shape index (κ2) is 3.82. The van der Waals surface area contributed by atoms with Gasteiger partial charge in [-0.25, -0.2) is 0 Å². The molecule has 0 bridgehead atoms. The minimum absolute atomic E-state index is 1.24. The van der Waals surface area contributed by atoms with Gasteiger partial charge in [-0.2, -0.15) is 0 Å². The number of hydrogen-bond donors (Lipinski definition) is 0. The summed E-state index contributed by atoms with van der Waals surface area (Å²) >= 11 is 0. The van der Waals surface area contributed by atoms with E-state index in [0.717, 1.165) is 0 Å². The molecular formula is C16H11. The van der Waals surface area contributed by atoms with Crippen LogP contribution in [-0.2, 0) is 0 Å². The van der Waals surface area contributed by atoms with E-state index in [0.29, 0.717) is 0 Å². The molecule has 0 aliphatic rings. The molecule has 16 heavy (non-hydrogen) atoms. The highest BCUT2D eigenvalue weighted by atomic mass is 14.0. The van der Waals surface area contributed by atoms with Crippen molar-refractivity contribution in [2.45, 2.75) is 0 Å². The Hall–Kier alpha value is -2.08. The van der Waals surface area contributed by atoms with Crippen molar-refractivity contribution >= 4 is 10.8 Å². The molecule has 0 N–H and O–H groups in total. The summed E-state index contributed by atoms with van der Waals surface area (Å²) in [5.41, 5.74) is 2.50. The lowest BCUT2D eigenvalue weighted by Crippen LogP contribution is -1.78. The van der Waals surface area contributed by atoms with Gasteiger partial charge in [0.2, 0.25) is 0 Å². The molecule has 1 radical (unpaired) electrons. The van der Waals surface area contributed by atoms with Crippen LogP contribution in [0.2, 0.25) is 0 Å². The van der Waals surface area contributed by atoms with Gasteiger partial charge in [-0.1, -0.05) is 60.7 Å². The first-order chi connectivity index (χ1) is 7.93. The zero-order chi connectivity index (χ0) is 10.8. The maximum absolute atomic E-state index is 3.04. The first-order valence-corrected chi connectivity index (χ1v) is 5.39. The van der Waals surface area contributed by atoms with Gasteiger partial charge in [0.1, 0.15) is 0 Å². The molecule has 0 amide bonds. The first kappa shape index (κ1) is 9.17. The first-order valence-electron chi connectivity index (χ1n) is 5.39. The van der Waals surface area contributed by atoms with E-state index in [4.69, 9.17) is 0 Å². The summed E-state index contributed by atoms with van der Waals surface area (Å²) in [6, 6.07) is 26.1. The van der Waals surface area contributed by atoms with Gasteiger partial charge >= 0.3 is 0 Å². The normalized spacial score (nSPS) is 10.5. The molecule has 3 aromatic carbocycles. The van der Waals surface area contributed by atoms with Crippen LogP contribution in [0.3, 0.4) is 0 Å². The van der Waals surface area contributed by atoms with Crippen LogP contribution in [0.5, 0.6) is 0 Å². The lowest BCUT2D eigenvalue weighted by molar-refractivity contribution is 1.63. The molecule has 0 aromatic heterocycles. The van der Waals surface area contributed by atoms with Crippen LogP contribution in [0.15, 0.2) is 66.7 Å². The van der Waals surface area contributed by atoms with E-state index >= 15 is 0 Å². The zero-order valence-electron chi connectivity index (χ0n) is 8.85. The van der Waals surface area contributed by atoms with Gasteiger partial charge < -0.3 is 0 Å². The molecule has 0 aliphatic heterocycles. The maximum Gasteiger partial charge on any atom is -0.0178 e. The highest BCUT2D eigenvalue weighted by molar-refractivity contribution is 5.87. The highest BCUT2D eigenvalue weighted by Crippen LogP contribution is 2.23. The Morgan fingerprint density at radius 3 is 2.19 bits per heavy atom. The second-order valence-electron chi connectivity index (χ2n) is 3.85. The molecule has 3 rings (SSSR count). The maximum atomic E-state index is 3.04. The largest absolute Gasteiger partial charge is 0.0616 e. The fourth-order valence-corrected chi connectivity index (χ4v) is 1.95. The number of fused-ring (bicyclic) bond motifs is 1. The number of rotatable bonds is 1. The predicted octanol–water partition coefficient (Wildman–Crippen LogP) is 4.31. The van der Waals surface area contributed by atoms with E-state index in [1.54, 1.807) is 0 Å².